The predicted molar refractivity (Wildman–Crippen MR) is 127 cm³/mol. The Labute approximate surface area is 186 Å². The van der Waals surface area contributed by atoms with Crippen molar-refractivity contribution in [3.8, 4) is 0 Å². The SMILES string of the molecule is CCNC(=NCC1CCCN(C)C1c1cccs1)NCCOCC(C)C.I. The molecule has 2 rings (SSSR count). The van der Waals surface area contributed by atoms with E-state index < -0.39 is 0 Å². The summed E-state index contributed by atoms with van der Waals surface area (Å²) in [5.41, 5.74) is 0. The minimum absolute atomic E-state index is 0. The van der Waals surface area contributed by atoms with Crippen molar-refractivity contribution in [2.45, 2.75) is 39.7 Å². The average molecular weight is 509 g/mol. The van der Waals surface area contributed by atoms with Crippen molar-refractivity contribution >= 4 is 41.3 Å². The van der Waals surface area contributed by atoms with Crippen molar-refractivity contribution in [2.75, 3.05) is 46.4 Å². The van der Waals surface area contributed by atoms with Gasteiger partial charge >= 0.3 is 0 Å². The first-order chi connectivity index (χ1) is 12.6. The Morgan fingerprint density at radius 1 is 1.41 bits per heavy atom. The van der Waals surface area contributed by atoms with Crippen LogP contribution in [0.1, 0.15) is 44.5 Å². The fourth-order valence-electron chi connectivity index (χ4n) is 3.47. The van der Waals surface area contributed by atoms with Gasteiger partial charge in [0, 0.05) is 37.2 Å². The molecule has 0 aromatic carbocycles. The number of nitrogens with one attached hydrogen (secondary N) is 2. The molecular weight excluding hydrogens is 471 g/mol. The molecule has 0 amide bonds. The molecule has 1 aromatic rings. The lowest BCUT2D eigenvalue weighted by Crippen LogP contribution is -2.41. The number of aliphatic imine (C=N–C) groups is 1. The van der Waals surface area contributed by atoms with Crippen molar-refractivity contribution in [3.63, 3.8) is 0 Å². The number of hydrogen-bond donors (Lipinski definition) is 2. The number of rotatable bonds is 9. The Hall–Kier alpha value is -0.380. The van der Waals surface area contributed by atoms with Crippen LogP contribution >= 0.6 is 35.3 Å². The number of piperidine rings is 1. The Balaban J connectivity index is 0.00000364. The van der Waals surface area contributed by atoms with Gasteiger partial charge in [0.2, 0.25) is 0 Å². The number of guanidine groups is 1. The minimum atomic E-state index is 0. The van der Waals surface area contributed by atoms with Gasteiger partial charge in [-0.15, -0.1) is 35.3 Å². The number of ether oxygens (including phenoxy) is 1. The van der Waals surface area contributed by atoms with Crippen molar-refractivity contribution in [1.29, 1.82) is 0 Å². The zero-order valence-electron chi connectivity index (χ0n) is 17.2. The summed E-state index contributed by atoms with van der Waals surface area (Å²) in [7, 11) is 2.25. The summed E-state index contributed by atoms with van der Waals surface area (Å²) in [6.07, 6.45) is 2.50. The molecule has 27 heavy (non-hydrogen) atoms. The number of thiophene rings is 1. The monoisotopic (exact) mass is 508 g/mol. The standard InChI is InChI=1S/C20H36N4OS.HI/c1-5-21-20(22-10-12-25-15-16(2)3)23-14-17-8-6-11-24(4)19(17)18-9-7-13-26-18;/h7,9,13,16-17,19H,5-6,8,10-12,14-15H2,1-4H3,(H2,21,22,23);1H. The Bertz CT molecular complexity index is 524. The maximum Gasteiger partial charge on any atom is 0.191 e. The van der Waals surface area contributed by atoms with Crippen molar-refractivity contribution < 1.29 is 4.74 Å². The fourth-order valence-corrected chi connectivity index (χ4v) is 4.45. The van der Waals surface area contributed by atoms with Gasteiger partial charge in [0.1, 0.15) is 0 Å². The zero-order valence-corrected chi connectivity index (χ0v) is 20.4. The highest BCUT2D eigenvalue weighted by Crippen LogP contribution is 2.37. The Morgan fingerprint density at radius 2 is 2.22 bits per heavy atom. The van der Waals surface area contributed by atoms with Gasteiger partial charge in [-0.25, -0.2) is 0 Å². The number of halogens is 1. The molecule has 0 aliphatic carbocycles. The molecule has 156 valence electrons. The van der Waals surface area contributed by atoms with E-state index in [2.05, 4.69) is 60.9 Å². The van der Waals surface area contributed by atoms with E-state index in [1.807, 2.05) is 11.3 Å². The lowest BCUT2D eigenvalue weighted by molar-refractivity contribution is 0.114. The van der Waals surface area contributed by atoms with E-state index in [-0.39, 0.29) is 24.0 Å². The molecule has 1 saturated heterocycles. The molecule has 7 heteroatoms. The molecule has 2 heterocycles. The summed E-state index contributed by atoms with van der Waals surface area (Å²) in [5, 5.41) is 8.93. The van der Waals surface area contributed by atoms with Crippen molar-refractivity contribution in [2.24, 2.45) is 16.8 Å². The maximum absolute atomic E-state index is 5.65. The van der Waals surface area contributed by atoms with Crippen LogP contribution in [0, 0.1) is 11.8 Å². The molecule has 2 atom stereocenters. The molecule has 0 spiro atoms. The van der Waals surface area contributed by atoms with Crippen LogP contribution in [0.5, 0.6) is 0 Å². The Kier molecular flexibility index (Phi) is 12.5. The van der Waals surface area contributed by atoms with Crippen LogP contribution in [-0.2, 0) is 4.74 Å². The van der Waals surface area contributed by atoms with Crippen LogP contribution < -0.4 is 10.6 Å². The van der Waals surface area contributed by atoms with Gasteiger partial charge in [-0.05, 0) is 56.6 Å². The number of likely N-dealkylation sites (tertiary alicyclic amines) is 1. The smallest absolute Gasteiger partial charge is 0.191 e. The minimum Gasteiger partial charge on any atom is -0.379 e. The summed E-state index contributed by atoms with van der Waals surface area (Å²) in [5.74, 6) is 2.05. The first-order valence-electron chi connectivity index (χ1n) is 9.95. The van der Waals surface area contributed by atoms with Crippen LogP contribution in [0.15, 0.2) is 22.5 Å². The first-order valence-corrected chi connectivity index (χ1v) is 10.8. The van der Waals surface area contributed by atoms with E-state index >= 15 is 0 Å². The Morgan fingerprint density at radius 3 is 2.89 bits per heavy atom. The molecule has 1 aromatic heterocycles. The van der Waals surface area contributed by atoms with Crippen LogP contribution in [0.25, 0.3) is 0 Å². The van der Waals surface area contributed by atoms with Gasteiger partial charge in [0.05, 0.1) is 6.61 Å². The fraction of sp³-hybridized carbons (Fsp3) is 0.750. The van der Waals surface area contributed by atoms with Crippen molar-refractivity contribution in [1.82, 2.24) is 15.5 Å². The lowest BCUT2D eigenvalue weighted by Gasteiger charge is -2.38. The summed E-state index contributed by atoms with van der Waals surface area (Å²) >= 11 is 1.87. The van der Waals surface area contributed by atoms with Crippen LogP contribution in [0.4, 0.5) is 0 Å². The van der Waals surface area contributed by atoms with Gasteiger partial charge in [-0.2, -0.15) is 0 Å². The third kappa shape index (κ3) is 8.66. The van der Waals surface area contributed by atoms with Gasteiger partial charge in [0.25, 0.3) is 0 Å². The van der Waals surface area contributed by atoms with Crippen LogP contribution in [-0.4, -0.2) is 57.3 Å². The topological polar surface area (TPSA) is 48.9 Å². The third-order valence-electron chi connectivity index (χ3n) is 4.66. The van der Waals surface area contributed by atoms with E-state index in [0.29, 0.717) is 24.5 Å². The molecule has 0 saturated carbocycles. The highest BCUT2D eigenvalue weighted by Gasteiger charge is 2.31. The molecule has 1 aliphatic heterocycles. The van der Waals surface area contributed by atoms with Crippen LogP contribution in [0.2, 0.25) is 0 Å². The van der Waals surface area contributed by atoms with Gasteiger partial charge < -0.3 is 15.4 Å². The van der Waals surface area contributed by atoms with E-state index in [9.17, 15) is 0 Å². The summed E-state index contributed by atoms with van der Waals surface area (Å²) in [4.78, 5) is 8.84. The van der Waals surface area contributed by atoms with Gasteiger partial charge in [-0.3, -0.25) is 9.89 Å². The highest BCUT2D eigenvalue weighted by molar-refractivity contribution is 14.0. The second-order valence-corrected chi connectivity index (χ2v) is 8.44. The van der Waals surface area contributed by atoms with Gasteiger partial charge in [0.15, 0.2) is 5.96 Å². The van der Waals surface area contributed by atoms with E-state index in [1.165, 1.54) is 24.3 Å². The largest absolute Gasteiger partial charge is 0.379 e. The zero-order chi connectivity index (χ0) is 18.8. The normalized spacial score (nSPS) is 21.1. The average Bonchev–Trinajstić information content (AvgIpc) is 3.13. The number of nitrogens with zero attached hydrogens (tertiary/aromatic N) is 2. The molecule has 1 fully saturated rings. The van der Waals surface area contributed by atoms with E-state index in [0.717, 1.165) is 32.2 Å². The summed E-state index contributed by atoms with van der Waals surface area (Å²) in [6.45, 7) is 11.7. The van der Waals surface area contributed by atoms with Gasteiger partial charge in [-0.1, -0.05) is 19.9 Å². The first kappa shape index (κ1) is 24.7. The predicted octanol–water partition coefficient (Wildman–Crippen LogP) is 3.98. The molecule has 0 radical (unpaired) electrons. The maximum atomic E-state index is 5.65. The summed E-state index contributed by atoms with van der Waals surface area (Å²) < 4.78 is 5.65. The van der Waals surface area contributed by atoms with Crippen molar-refractivity contribution in [3.05, 3.63) is 22.4 Å². The van der Waals surface area contributed by atoms with Crippen LogP contribution in [0.3, 0.4) is 0 Å². The molecule has 1 aliphatic rings. The molecule has 2 N–H and O–H groups in total. The molecule has 5 nitrogen and oxygen atoms in total. The quantitative estimate of drug-likeness (QED) is 0.229. The third-order valence-corrected chi connectivity index (χ3v) is 5.60. The number of hydrogen-bond acceptors (Lipinski definition) is 4. The van der Waals surface area contributed by atoms with E-state index in [1.54, 1.807) is 0 Å². The summed E-state index contributed by atoms with van der Waals surface area (Å²) in [6, 6.07) is 4.92. The van der Waals surface area contributed by atoms with E-state index in [4.69, 9.17) is 9.73 Å². The second-order valence-electron chi connectivity index (χ2n) is 7.46. The molecular formula is C20H37IN4OS. The second kappa shape index (κ2) is 13.7. The molecule has 0 bridgehead atoms. The molecule has 2 unspecified atom stereocenters. The highest BCUT2D eigenvalue weighted by atomic mass is 127. The lowest BCUT2D eigenvalue weighted by atomic mass is 9.88.